The third-order valence-electron chi connectivity index (χ3n) is 3.32. The fourth-order valence-corrected chi connectivity index (χ4v) is 2.25. The first-order valence-corrected chi connectivity index (χ1v) is 5.20. The average molecular weight is 228 g/mol. The van der Waals surface area contributed by atoms with E-state index in [1.54, 1.807) is 6.92 Å². The molecule has 0 aromatic heterocycles. The summed E-state index contributed by atoms with van der Waals surface area (Å²) in [5.41, 5.74) is -1.45. The van der Waals surface area contributed by atoms with Crippen molar-refractivity contribution in [2.45, 2.75) is 26.2 Å². The number of ketones is 1. The van der Waals surface area contributed by atoms with Gasteiger partial charge in [0.05, 0.1) is 14.2 Å². The molecule has 0 bridgehead atoms. The van der Waals surface area contributed by atoms with Gasteiger partial charge >= 0.3 is 11.9 Å². The van der Waals surface area contributed by atoms with Gasteiger partial charge in [0, 0.05) is 12.3 Å². The van der Waals surface area contributed by atoms with E-state index in [0.717, 1.165) is 0 Å². The number of esters is 2. The largest absolute Gasteiger partial charge is 0.468 e. The molecule has 0 saturated heterocycles. The summed E-state index contributed by atoms with van der Waals surface area (Å²) in [6.07, 6.45) is 1.21. The summed E-state index contributed by atoms with van der Waals surface area (Å²) < 4.78 is 9.29. The number of hydrogen-bond donors (Lipinski definition) is 0. The van der Waals surface area contributed by atoms with Gasteiger partial charge in [-0.05, 0) is 12.8 Å². The van der Waals surface area contributed by atoms with Crippen molar-refractivity contribution in [3.63, 3.8) is 0 Å². The van der Waals surface area contributed by atoms with Crippen molar-refractivity contribution in [3.05, 3.63) is 0 Å². The van der Waals surface area contributed by atoms with Crippen LogP contribution in [0.5, 0.6) is 0 Å². The van der Waals surface area contributed by atoms with Gasteiger partial charge in [0.1, 0.15) is 5.78 Å². The number of methoxy groups -OCH3 is 2. The normalized spacial score (nSPS) is 23.7. The van der Waals surface area contributed by atoms with Crippen LogP contribution in [0.3, 0.4) is 0 Å². The second-order valence-electron chi connectivity index (χ2n) is 4.00. The van der Waals surface area contributed by atoms with Crippen molar-refractivity contribution >= 4 is 17.7 Å². The molecule has 90 valence electrons. The van der Waals surface area contributed by atoms with Gasteiger partial charge in [0.15, 0.2) is 5.41 Å². The summed E-state index contributed by atoms with van der Waals surface area (Å²) >= 11 is 0. The minimum absolute atomic E-state index is 0.0953. The monoisotopic (exact) mass is 228 g/mol. The first-order valence-electron chi connectivity index (χ1n) is 5.20. The second kappa shape index (κ2) is 4.63. The maximum atomic E-state index is 11.8. The van der Waals surface area contributed by atoms with Crippen LogP contribution in [0.15, 0.2) is 0 Å². The molecule has 1 saturated carbocycles. The predicted octanol–water partition coefficient (Wildman–Crippen LogP) is 0.708. The number of carbonyl (C=O) groups is 3. The van der Waals surface area contributed by atoms with Crippen LogP contribution in [0.4, 0.5) is 0 Å². The van der Waals surface area contributed by atoms with Crippen LogP contribution in [-0.4, -0.2) is 31.9 Å². The Hall–Kier alpha value is -1.39. The minimum atomic E-state index is -1.45. The molecule has 0 N–H and O–H groups in total. The highest BCUT2D eigenvalue weighted by molar-refractivity contribution is 6.05. The number of hydrogen-bond acceptors (Lipinski definition) is 5. The van der Waals surface area contributed by atoms with Gasteiger partial charge in [-0.15, -0.1) is 0 Å². The molecule has 0 amide bonds. The third kappa shape index (κ3) is 1.70. The smallest absolute Gasteiger partial charge is 0.323 e. The zero-order valence-corrected chi connectivity index (χ0v) is 9.74. The Labute approximate surface area is 94.1 Å². The van der Waals surface area contributed by atoms with Crippen LogP contribution in [-0.2, 0) is 23.9 Å². The van der Waals surface area contributed by atoms with Gasteiger partial charge in [-0.25, -0.2) is 0 Å². The van der Waals surface area contributed by atoms with Gasteiger partial charge < -0.3 is 9.47 Å². The van der Waals surface area contributed by atoms with Crippen LogP contribution in [0.1, 0.15) is 26.2 Å². The third-order valence-corrected chi connectivity index (χ3v) is 3.32. The van der Waals surface area contributed by atoms with Crippen molar-refractivity contribution in [2.75, 3.05) is 14.2 Å². The number of Topliss-reactive ketones (excluding diaryl/α,β-unsaturated/α-hetero) is 1. The zero-order valence-electron chi connectivity index (χ0n) is 9.74. The summed E-state index contributed by atoms with van der Waals surface area (Å²) in [5, 5.41) is 0. The van der Waals surface area contributed by atoms with E-state index >= 15 is 0 Å². The highest BCUT2D eigenvalue weighted by Crippen LogP contribution is 2.41. The molecule has 0 heterocycles. The highest BCUT2D eigenvalue weighted by atomic mass is 16.5. The molecule has 1 rings (SSSR count). The van der Waals surface area contributed by atoms with E-state index in [-0.39, 0.29) is 5.78 Å². The Bertz CT molecular complexity index is 304. The van der Waals surface area contributed by atoms with E-state index in [4.69, 9.17) is 0 Å². The molecular formula is C11H16O5. The molecular weight excluding hydrogens is 212 g/mol. The molecule has 1 fully saturated rings. The topological polar surface area (TPSA) is 69.7 Å². The average Bonchev–Trinajstić information content (AvgIpc) is 2.31. The van der Waals surface area contributed by atoms with E-state index in [9.17, 15) is 14.4 Å². The Morgan fingerprint density at radius 2 is 1.75 bits per heavy atom. The van der Waals surface area contributed by atoms with Crippen LogP contribution in [0.25, 0.3) is 0 Å². The van der Waals surface area contributed by atoms with Gasteiger partial charge in [0.2, 0.25) is 0 Å². The summed E-state index contributed by atoms with van der Waals surface area (Å²) in [6, 6.07) is 0. The van der Waals surface area contributed by atoms with Crippen LogP contribution < -0.4 is 0 Å². The lowest BCUT2D eigenvalue weighted by Gasteiger charge is -2.36. The van der Waals surface area contributed by atoms with Gasteiger partial charge in [-0.2, -0.15) is 0 Å². The standard InChI is InChI=1S/C11H16O5/c1-7-8(12)5-4-6-11(7,9(13)15-2)10(14)16-3/h7H,4-6H2,1-3H3. The van der Waals surface area contributed by atoms with Gasteiger partial charge in [-0.3, -0.25) is 14.4 Å². The molecule has 16 heavy (non-hydrogen) atoms. The molecule has 1 atom stereocenters. The number of carbonyl (C=O) groups excluding carboxylic acids is 3. The van der Waals surface area contributed by atoms with Crippen molar-refractivity contribution < 1.29 is 23.9 Å². The SMILES string of the molecule is COC(=O)C1(C(=O)OC)CCCC(=O)C1C. The van der Waals surface area contributed by atoms with E-state index in [2.05, 4.69) is 9.47 Å². The molecule has 0 aromatic carbocycles. The summed E-state index contributed by atoms with van der Waals surface area (Å²) in [5.74, 6) is -2.14. The fourth-order valence-electron chi connectivity index (χ4n) is 2.25. The van der Waals surface area contributed by atoms with Gasteiger partial charge in [0.25, 0.3) is 0 Å². The summed E-state index contributed by atoms with van der Waals surface area (Å²) in [6.45, 7) is 1.58. The first kappa shape index (κ1) is 12.7. The zero-order chi connectivity index (χ0) is 12.3. The van der Waals surface area contributed by atoms with E-state index in [1.807, 2.05) is 0 Å². The van der Waals surface area contributed by atoms with Crippen molar-refractivity contribution in [1.82, 2.24) is 0 Å². The molecule has 1 aliphatic rings. The van der Waals surface area contributed by atoms with Crippen molar-refractivity contribution in [3.8, 4) is 0 Å². The molecule has 1 aliphatic carbocycles. The van der Waals surface area contributed by atoms with Crippen LogP contribution >= 0.6 is 0 Å². The number of ether oxygens (including phenoxy) is 2. The minimum Gasteiger partial charge on any atom is -0.468 e. The quantitative estimate of drug-likeness (QED) is 0.514. The van der Waals surface area contributed by atoms with E-state index in [0.29, 0.717) is 19.3 Å². The molecule has 0 spiro atoms. The Morgan fingerprint density at radius 1 is 1.25 bits per heavy atom. The molecule has 5 heteroatoms. The molecule has 0 radical (unpaired) electrons. The lowest BCUT2D eigenvalue weighted by Crippen LogP contribution is -2.51. The van der Waals surface area contributed by atoms with Crippen LogP contribution in [0.2, 0.25) is 0 Å². The number of rotatable bonds is 2. The van der Waals surface area contributed by atoms with E-state index < -0.39 is 23.3 Å². The predicted molar refractivity (Wildman–Crippen MR) is 54.5 cm³/mol. The fraction of sp³-hybridized carbons (Fsp3) is 0.727. The second-order valence-corrected chi connectivity index (χ2v) is 4.00. The Balaban J connectivity index is 3.16. The highest BCUT2D eigenvalue weighted by Gasteiger charge is 2.56. The molecule has 0 aliphatic heterocycles. The van der Waals surface area contributed by atoms with E-state index in [1.165, 1.54) is 14.2 Å². The molecule has 5 nitrogen and oxygen atoms in total. The molecule has 1 unspecified atom stereocenters. The molecule has 0 aromatic rings. The summed E-state index contributed by atoms with van der Waals surface area (Å²) in [4.78, 5) is 35.2. The lowest BCUT2D eigenvalue weighted by atomic mass is 9.66. The summed E-state index contributed by atoms with van der Waals surface area (Å²) in [7, 11) is 2.41. The maximum Gasteiger partial charge on any atom is 0.323 e. The Morgan fingerprint density at radius 3 is 2.19 bits per heavy atom. The lowest BCUT2D eigenvalue weighted by molar-refractivity contribution is -0.178. The van der Waals surface area contributed by atoms with Gasteiger partial charge in [-0.1, -0.05) is 6.92 Å². The maximum absolute atomic E-state index is 11.8. The first-order chi connectivity index (χ1) is 7.50. The van der Waals surface area contributed by atoms with Crippen molar-refractivity contribution in [1.29, 1.82) is 0 Å². The Kier molecular flexibility index (Phi) is 3.67. The van der Waals surface area contributed by atoms with Crippen LogP contribution in [0, 0.1) is 11.3 Å². The van der Waals surface area contributed by atoms with Crippen molar-refractivity contribution in [2.24, 2.45) is 11.3 Å².